The quantitative estimate of drug-likeness (QED) is 0.321. The SMILES string of the molecule is Cc1cccc2[nH]c(SCC(=O)NN)nc12. The van der Waals surface area contributed by atoms with E-state index in [0.717, 1.165) is 21.8 Å². The summed E-state index contributed by atoms with van der Waals surface area (Å²) in [6.45, 7) is 2.00. The number of aromatic amines is 1. The first-order valence-corrected chi connectivity index (χ1v) is 5.77. The molecule has 84 valence electrons. The van der Waals surface area contributed by atoms with Crippen LogP contribution in [-0.4, -0.2) is 21.6 Å². The fraction of sp³-hybridized carbons (Fsp3) is 0.200. The van der Waals surface area contributed by atoms with Gasteiger partial charge in [-0.3, -0.25) is 10.2 Å². The molecular formula is C10H12N4OS. The molecule has 0 saturated carbocycles. The average Bonchev–Trinajstić information content (AvgIpc) is 2.70. The molecule has 0 radical (unpaired) electrons. The predicted molar refractivity (Wildman–Crippen MR) is 63.9 cm³/mol. The van der Waals surface area contributed by atoms with E-state index in [0.29, 0.717) is 0 Å². The molecule has 1 aromatic carbocycles. The van der Waals surface area contributed by atoms with Crippen LogP contribution in [0.15, 0.2) is 23.4 Å². The summed E-state index contributed by atoms with van der Waals surface area (Å²) in [6, 6.07) is 5.93. The minimum Gasteiger partial charge on any atom is -0.333 e. The zero-order chi connectivity index (χ0) is 11.5. The van der Waals surface area contributed by atoms with E-state index in [-0.39, 0.29) is 11.7 Å². The van der Waals surface area contributed by atoms with Gasteiger partial charge < -0.3 is 4.98 Å². The number of amides is 1. The van der Waals surface area contributed by atoms with Crippen molar-refractivity contribution in [3.05, 3.63) is 23.8 Å². The summed E-state index contributed by atoms with van der Waals surface area (Å²) < 4.78 is 0. The van der Waals surface area contributed by atoms with Gasteiger partial charge in [0, 0.05) is 0 Å². The van der Waals surface area contributed by atoms with Crippen LogP contribution in [0.5, 0.6) is 0 Å². The lowest BCUT2D eigenvalue weighted by Gasteiger charge is -1.95. The smallest absolute Gasteiger partial charge is 0.244 e. The van der Waals surface area contributed by atoms with Gasteiger partial charge in [-0.2, -0.15) is 0 Å². The van der Waals surface area contributed by atoms with Crippen molar-refractivity contribution >= 4 is 28.7 Å². The Labute approximate surface area is 96.8 Å². The highest BCUT2D eigenvalue weighted by Gasteiger charge is 2.06. The van der Waals surface area contributed by atoms with Crippen molar-refractivity contribution < 1.29 is 4.79 Å². The number of thioether (sulfide) groups is 1. The number of nitrogens with two attached hydrogens (primary N) is 1. The average molecular weight is 236 g/mol. The first-order valence-electron chi connectivity index (χ1n) is 4.78. The number of nitrogens with one attached hydrogen (secondary N) is 2. The van der Waals surface area contributed by atoms with Gasteiger partial charge in [-0.25, -0.2) is 10.8 Å². The van der Waals surface area contributed by atoms with Gasteiger partial charge in [-0.15, -0.1) is 0 Å². The molecule has 0 saturated heterocycles. The third-order valence-electron chi connectivity index (χ3n) is 2.19. The maximum Gasteiger partial charge on any atom is 0.244 e. The lowest BCUT2D eigenvalue weighted by Crippen LogP contribution is -2.31. The fourth-order valence-electron chi connectivity index (χ4n) is 1.40. The highest BCUT2D eigenvalue weighted by Crippen LogP contribution is 2.21. The predicted octanol–water partition coefficient (Wildman–Crippen LogP) is 0.953. The summed E-state index contributed by atoms with van der Waals surface area (Å²) >= 11 is 1.33. The highest BCUT2D eigenvalue weighted by molar-refractivity contribution is 7.99. The van der Waals surface area contributed by atoms with E-state index in [2.05, 4.69) is 15.4 Å². The number of hydrogen-bond acceptors (Lipinski definition) is 4. The van der Waals surface area contributed by atoms with Crippen LogP contribution in [0.1, 0.15) is 5.56 Å². The lowest BCUT2D eigenvalue weighted by atomic mass is 10.2. The standard InChI is InChI=1S/C10H12N4OS/c1-6-3-2-4-7-9(6)13-10(12-7)16-5-8(15)14-11/h2-4H,5,11H2,1H3,(H,12,13)(H,14,15). The summed E-state index contributed by atoms with van der Waals surface area (Å²) in [5.74, 6) is 5.03. The Morgan fingerprint density at radius 3 is 3.12 bits per heavy atom. The number of imidazole rings is 1. The number of carbonyl (C=O) groups excluding carboxylic acids is 1. The molecule has 0 unspecified atom stereocenters. The number of rotatable bonds is 3. The van der Waals surface area contributed by atoms with Crippen LogP contribution in [0.2, 0.25) is 0 Å². The van der Waals surface area contributed by atoms with Crippen molar-refractivity contribution in [2.45, 2.75) is 12.1 Å². The number of para-hydroxylation sites is 1. The Bertz CT molecular complexity index is 523. The largest absolute Gasteiger partial charge is 0.333 e. The minimum atomic E-state index is -0.220. The molecule has 6 heteroatoms. The number of hydrogen-bond donors (Lipinski definition) is 3. The van der Waals surface area contributed by atoms with Gasteiger partial charge in [0.1, 0.15) is 0 Å². The Balaban J connectivity index is 2.20. The Morgan fingerprint density at radius 1 is 1.62 bits per heavy atom. The molecule has 4 N–H and O–H groups in total. The molecule has 5 nitrogen and oxygen atoms in total. The molecule has 1 amide bonds. The molecule has 2 aromatic rings. The number of hydrazine groups is 1. The van der Waals surface area contributed by atoms with Crippen LogP contribution in [0.3, 0.4) is 0 Å². The molecule has 0 aliphatic rings. The van der Waals surface area contributed by atoms with Crippen LogP contribution in [-0.2, 0) is 4.79 Å². The number of benzene rings is 1. The Morgan fingerprint density at radius 2 is 2.44 bits per heavy atom. The van der Waals surface area contributed by atoms with E-state index in [1.54, 1.807) is 0 Å². The maximum absolute atomic E-state index is 11.0. The van der Waals surface area contributed by atoms with Crippen molar-refractivity contribution in [2.75, 3.05) is 5.75 Å². The molecule has 1 heterocycles. The maximum atomic E-state index is 11.0. The second-order valence-electron chi connectivity index (χ2n) is 3.37. The van der Waals surface area contributed by atoms with Gasteiger partial charge in [0.25, 0.3) is 0 Å². The second-order valence-corrected chi connectivity index (χ2v) is 4.33. The molecule has 0 bridgehead atoms. The minimum absolute atomic E-state index is 0.220. The van der Waals surface area contributed by atoms with Crippen LogP contribution in [0.4, 0.5) is 0 Å². The third-order valence-corrected chi connectivity index (χ3v) is 3.07. The summed E-state index contributed by atoms with van der Waals surface area (Å²) in [7, 11) is 0. The molecule has 2 rings (SSSR count). The van der Waals surface area contributed by atoms with Gasteiger partial charge in [0.2, 0.25) is 5.91 Å². The first-order chi connectivity index (χ1) is 7.70. The second kappa shape index (κ2) is 4.54. The lowest BCUT2D eigenvalue weighted by molar-refractivity contribution is -0.118. The van der Waals surface area contributed by atoms with Gasteiger partial charge in [-0.1, -0.05) is 23.9 Å². The topological polar surface area (TPSA) is 83.8 Å². The molecule has 0 aliphatic carbocycles. The van der Waals surface area contributed by atoms with Gasteiger partial charge >= 0.3 is 0 Å². The van der Waals surface area contributed by atoms with E-state index < -0.39 is 0 Å². The zero-order valence-electron chi connectivity index (χ0n) is 8.78. The normalized spacial score (nSPS) is 10.6. The van der Waals surface area contributed by atoms with E-state index in [1.807, 2.05) is 25.1 Å². The zero-order valence-corrected chi connectivity index (χ0v) is 9.60. The van der Waals surface area contributed by atoms with Gasteiger partial charge in [-0.05, 0) is 18.6 Å². The summed E-state index contributed by atoms with van der Waals surface area (Å²) in [5, 5.41) is 0.730. The Kier molecular flexibility index (Phi) is 3.12. The van der Waals surface area contributed by atoms with E-state index in [1.165, 1.54) is 11.8 Å². The van der Waals surface area contributed by atoms with Crippen molar-refractivity contribution in [3.63, 3.8) is 0 Å². The summed E-state index contributed by atoms with van der Waals surface area (Å²) in [4.78, 5) is 18.5. The number of H-pyrrole nitrogens is 1. The molecule has 0 atom stereocenters. The van der Waals surface area contributed by atoms with E-state index >= 15 is 0 Å². The first kappa shape index (κ1) is 11.0. The van der Waals surface area contributed by atoms with Crippen LogP contribution >= 0.6 is 11.8 Å². The molecule has 0 fully saturated rings. The van der Waals surface area contributed by atoms with Crippen LogP contribution in [0.25, 0.3) is 11.0 Å². The van der Waals surface area contributed by atoms with Crippen molar-refractivity contribution in [1.29, 1.82) is 0 Å². The van der Waals surface area contributed by atoms with Crippen molar-refractivity contribution in [2.24, 2.45) is 5.84 Å². The van der Waals surface area contributed by atoms with E-state index in [4.69, 9.17) is 5.84 Å². The number of aromatic nitrogens is 2. The molecular weight excluding hydrogens is 224 g/mol. The van der Waals surface area contributed by atoms with Crippen LogP contribution in [0, 0.1) is 6.92 Å². The monoisotopic (exact) mass is 236 g/mol. The number of fused-ring (bicyclic) bond motifs is 1. The fourth-order valence-corrected chi connectivity index (χ4v) is 2.09. The van der Waals surface area contributed by atoms with Gasteiger partial charge in [0.15, 0.2) is 5.16 Å². The van der Waals surface area contributed by atoms with E-state index in [9.17, 15) is 4.79 Å². The van der Waals surface area contributed by atoms with Gasteiger partial charge in [0.05, 0.1) is 16.8 Å². The highest BCUT2D eigenvalue weighted by atomic mass is 32.2. The van der Waals surface area contributed by atoms with Crippen molar-refractivity contribution in [3.8, 4) is 0 Å². The number of nitrogens with zero attached hydrogens (tertiary/aromatic N) is 1. The van der Waals surface area contributed by atoms with Crippen LogP contribution < -0.4 is 11.3 Å². The molecule has 0 aliphatic heterocycles. The number of aryl methyl sites for hydroxylation is 1. The number of carbonyl (C=O) groups is 1. The summed E-state index contributed by atoms with van der Waals surface area (Å²) in [5.41, 5.74) is 5.12. The van der Waals surface area contributed by atoms with Crippen molar-refractivity contribution in [1.82, 2.24) is 15.4 Å². The summed E-state index contributed by atoms with van der Waals surface area (Å²) in [6.07, 6.45) is 0. The molecule has 0 spiro atoms. The molecule has 1 aromatic heterocycles. The third kappa shape index (κ3) is 2.17. The Hall–Kier alpha value is -1.53. The molecule has 16 heavy (non-hydrogen) atoms.